The number of nitrogens with two attached hydrogens (primary N) is 1. The fourth-order valence-electron chi connectivity index (χ4n) is 6.77. The number of urea groups is 1. The lowest BCUT2D eigenvalue weighted by Gasteiger charge is -2.44. The molecule has 2 saturated heterocycles. The third-order valence-electron chi connectivity index (χ3n) is 8.80. The van der Waals surface area contributed by atoms with Gasteiger partial charge in [-0.1, -0.05) is 27.5 Å². The van der Waals surface area contributed by atoms with Gasteiger partial charge >= 0.3 is 6.03 Å². The maximum absolute atomic E-state index is 13.2. The van der Waals surface area contributed by atoms with Crippen molar-refractivity contribution < 1.29 is 9.59 Å². The van der Waals surface area contributed by atoms with Crippen molar-refractivity contribution in [3.63, 3.8) is 0 Å². The molecular formula is C28H33Br2ClN4O2. The number of halogens is 3. The third kappa shape index (κ3) is 5.30. The number of hydrogen-bond donors (Lipinski definition) is 1. The molecule has 5 rings (SSSR count). The van der Waals surface area contributed by atoms with Gasteiger partial charge in [-0.2, -0.15) is 0 Å². The minimum Gasteiger partial charge on any atom is -0.351 e. The number of carbonyl (C=O) groups excluding carboxylic acids is 2. The van der Waals surface area contributed by atoms with Crippen molar-refractivity contribution >= 4 is 55.4 Å². The van der Waals surface area contributed by atoms with Crippen LogP contribution in [-0.2, 0) is 23.1 Å². The van der Waals surface area contributed by atoms with Gasteiger partial charge in [0.15, 0.2) is 0 Å². The van der Waals surface area contributed by atoms with E-state index in [-0.39, 0.29) is 17.4 Å². The van der Waals surface area contributed by atoms with E-state index in [9.17, 15) is 9.59 Å². The molecule has 0 bridgehead atoms. The van der Waals surface area contributed by atoms with E-state index in [1.165, 1.54) is 16.7 Å². The molecular weight excluding hydrogens is 620 g/mol. The van der Waals surface area contributed by atoms with E-state index >= 15 is 0 Å². The molecule has 198 valence electrons. The highest BCUT2D eigenvalue weighted by atomic mass is 79.9. The van der Waals surface area contributed by atoms with Crippen LogP contribution in [0.25, 0.3) is 0 Å². The normalized spacial score (nSPS) is 22.8. The number of carbonyl (C=O) groups is 2. The number of amides is 3. The summed E-state index contributed by atoms with van der Waals surface area (Å²) in [6, 6.07) is 5.97. The van der Waals surface area contributed by atoms with Gasteiger partial charge in [-0.15, -0.1) is 0 Å². The molecule has 3 heterocycles. The van der Waals surface area contributed by atoms with Crippen molar-refractivity contribution in [3.05, 3.63) is 60.7 Å². The number of aromatic nitrogens is 1. The lowest BCUT2D eigenvalue weighted by Crippen LogP contribution is -2.46. The lowest BCUT2D eigenvalue weighted by molar-refractivity contribution is -0.134. The molecule has 2 N–H and O–H groups in total. The molecule has 1 aromatic heterocycles. The Kier molecular flexibility index (Phi) is 7.90. The van der Waals surface area contributed by atoms with Crippen LogP contribution in [-0.4, -0.2) is 52.9 Å². The summed E-state index contributed by atoms with van der Waals surface area (Å²) in [5.41, 5.74) is 10.1. The van der Waals surface area contributed by atoms with Crippen molar-refractivity contribution in [2.75, 3.05) is 26.2 Å². The molecule has 1 aliphatic carbocycles. The van der Waals surface area contributed by atoms with Crippen LogP contribution in [0.2, 0.25) is 5.02 Å². The van der Waals surface area contributed by atoms with E-state index in [0.29, 0.717) is 31.3 Å². The summed E-state index contributed by atoms with van der Waals surface area (Å²) in [5.74, 6) is 0.900. The zero-order chi connectivity index (χ0) is 26.3. The van der Waals surface area contributed by atoms with Gasteiger partial charge in [-0.3, -0.25) is 9.78 Å². The zero-order valence-corrected chi connectivity index (χ0v) is 25.0. The van der Waals surface area contributed by atoms with E-state index < -0.39 is 0 Å². The number of piperidine rings is 2. The first-order valence-electron chi connectivity index (χ1n) is 13.1. The van der Waals surface area contributed by atoms with Crippen molar-refractivity contribution in [2.24, 2.45) is 17.6 Å². The van der Waals surface area contributed by atoms with Crippen LogP contribution < -0.4 is 5.73 Å². The Bertz CT molecular complexity index is 1210. The van der Waals surface area contributed by atoms with E-state index in [4.69, 9.17) is 22.3 Å². The van der Waals surface area contributed by atoms with Gasteiger partial charge in [0.2, 0.25) is 5.91 Å². The number of nitrogens with zero attached hydrogens (tertiary/aromatic N) is 3. The molecule has 0 saturated carbocycles. The summed E-state index contributed by atoms with van der Waals surface area (Å²) < 4.78 is 2.04. The Hall–Kier alpha value is -1.64. The number of likely N-dealkylation sites (tertiary alicyclic amines) is 2. The lowest BCUT2D eigenvalue weighted by atomic mass is 9.64. The van der Waals surface area contributed by atoms with E-state index in [0.717, 1.165) is 71.3 Å². The molecule has 2 aromatic rings. The molecule has 0 radical (unpaired) electrons. The first-order chi connectivity index (χ1) is 17.7. The Labute approximate surface area is 240 Å². The second-order valence-electron chi connectivity index (χ2n) is 10.9. The minimum atomic E-state index is -0.363. The van der Waals surface area contributed by atoms with Crippen LogP contribution in [0.3, 0.4) is 0 Å². The largest absolute Gasteiger partial charge is 0.351 e. The molecule has 0 spiro atoms. The van der Waals surface area contributed by atoms with Crippen LogP contribution in [0.15, 0.2) is 33.3 Å². The zero-order valence-electron chi connectivity index (χ0n) is 21.1. The van der Waals surface area contributed by atoms with Gasteiger partial charge in [0, 0.05) is 58.2 Å². The molecule has 2 aliphatic heterocycles. The topological polar surface area (TPSA) is 79.5 Å². The number of pyridine rings is 1. The first kappa shape index (κ1) is 26.9. The van der Waals surface area contributed by atoms with Gasteiger partial charge in [-0.05, 0) is 108 Å². The fourth-order valence-corrected chi connectivity index (χ4v) is 8.43. The third-order valence-corrected chi connectivity index (χ3v) is 10.1. The molecule has 1 atom stereocenters. The number of fused-ring (bicyclic) bond motifs is 2. The summed E-state index contributed by atoms with van der Waals surface area (Å²) in [6.45, 7) is 5.14. The van der Waals surface area contributed by atoms with Crippen molar-refractivity contribution in [1.29, 1.82) is 0 Å². The standard InChI is InChI=1S/C28H33Br2ClN4O2/c1-28(20-6-10-34(11-7-20)24(36)12-17-4-8-35(9-5-17)27(32)37)25-18(14-22(31)15-23(25)30)2-3-19-13-21(29)16-33-26(19)28/h13-17,20H,2-12H2,1H3,(H2,32,37)/t28-/m1/s1. The van der Waals surface area contributed by atoms with E-state index in [2.05, 4.69) is 50.9 Å². The molecule has 1 aromatic carbocycles. The summed E-state index contributed by atoms with van der Waals surface area (Å²) in [5, 5.41) is 0.746. The number of hydrogen-bond acceptors (Lipinski definition) is 3. The fraction of sp³-hybridized carbons (Fsp3) is 0.536. The molecule has 3 amide bonds. The maximum Gasteiger partial charge on any atom is 0.314 e. The van der Waals surface area contributed by atoms with Crippen LogP contribution >= 0.6 is 43.5 Å². The predicted octanol–water partition coefficient (Wildman–Crippen LogP) is 6.08. The minimum absolute atomic E-state index is 0.234. The highest BCUT2D eigenvalue weighted by molar-refractivity contribution is 9.10. The Morgan fingerprint density at radius 2 is 1.68 bits per heavy atom. The number of benzene rings is 1. The molecule has 9 heteroatoms. The van der Waals surface area contributed by atoms with Crippen molar-refractivity contribution in [3.8, 4) is 0 Å². The van der Waals surface area contributed by atoms with Crippen LogP contribution in [0.1, 0.15) is 61.4 Å². The monoisotopic (exact) mass is 650 g/mol. The summed E-state index contributed by atoms with van der Waals surface area (Å²) in [4.78, 5) is 33.3. The second-order valence-corrected chi connectivity index (χ2v) is 13.1. The first-order valence-corrected chi connectivity index (χ1v) is 15.1. The molecule has 3 aliphatic rings. The van der Waals surface area contributed by atoms with Crippen LogP contribution in [0.4, 0.5) is 4.79 Å². The Balaban J connectivity index is 1.35. The van der Waals surface area contributed by atoms with Gasteiger partial charge in [-0.25, -0.2) is 4.79 Å². The SMILES string of the molecule is C[C@]1(C2CCN(C(=O)CC3CCN(C(N)=O)CC3)CC2)c2ncc(Br)cc2CCc2cc(Cl)cc(Br)c21. The van der Waals surface area contributed by atoms with Crippen molar-refractivity contribution in [1.82, 2.24) is 14.8 Å². The second kappa shape index (κ2) is 10.9. The Morgan fingerprint density at radius 1 is 1.03 bits per heavy atom. The van der Waals surface area contributed by atoms with E-state index in [1.54, 1.807) is 4.90 Å². The number of primary amides is 1. The maximum atomic E-state index is 13.2. The quantitative estimate of drug-likeness (QED) is 0.437. The van der Waals surface area contributed by atoms with Crippen LogP contribution in [0.5, 0.6) is 0 Å². The highest BCUT2D eigenvalue weighted by Gasteiger charge is 2.45. The van der Waals surface area contributed by atoms with Gasteiger partial charge in [0.25, 0.3) is 0 Å². The molecule has 6 nitrogen and oxygen atoms in total. The summed E-state index contributed by atoms with van der Waals surface area (Å²) in [7, 11) is 0. The predicted molar refractivity (Wildman–Crippen MR) is 153 cm³/mol. The summed E-state index contributed by atoms with van der Waals surface area (Å²) in [6.07, 6.45) is 7.84. The highest BCUT2D eigenvalue weighted by Crippen LogP contribution is 2.50. The van der Waals surface area contributed by atoms with Gasteiger partial charge in [0.1, 0.15) is 0 Å². The Morgan fingerprint density at radius 3 is 2.35 bits per heavy atom. The van der Waals surface area contributed by atoms with Crippen molar-refractivity contribution in [2.45, 2.75) is 57.3 Å². The van der Waals surface area contributed by atoms with Gasteiger partial charge in [0.05, 0.1) is 5.69 Å². The summed E-state index contributed by atoms with van der Waals surface area (Å²) >= 11 is 14.0. The molecule has 0 unspecified atom stereocenters. The average molecular weight is 653 g/mol. The average Bonchev–Trinajstić information content (AvgIpc) is 2.99. The number of aryl methyl sites for hydroxylation is 2. The molecule has 37 heavy (non-hydrogen) atoms. The molecule has 2 fully saturated rings. The number of rotatable bonds is 3. The van der Waals surface area contributed by atoms with Crippen LogP contribution in [0, 0.1) is 11.8 Å². The smallest absolute Gasteiger partial charge is 0.314 e. The van der Waals surface area contributed by atoms with Gasteiger partial charge < -0.3 is 15.5 Å². The van der Waals surface area contributed by atoms with E-state index in [1.807, 2.05) is 17.2 Å².